The standard InChI is InChI=1S/C19H23ClN4O2/c1-23-9-6-15-17(22-12-21-15)19(23)7-10-24(11-8-19)18(26)16(25)13-4-2-3-5-14(13)20/h2-5,12,16,25H,6-11H2,1H3,(H,21,22)/t16-/m1/s1. The predicted molar refractivity (Wildman–Crippen MR) is 98.8 cm³/mol. The summed E-state index contributed by atoms with van der Waals surface area (Å²) in [5.41, 5.74) is 2.66. The van der Waals surface area contributed by atoms with Crippen LogP contribution in [0.15, 0.2) is 30.6 Å². The number of halogens is 1. The summed E-state index contributed by atoms with van der Waals surface area (Å²) in [6.07, 6.45) is 3.14. The van der Waals surface area contributed by atoms with E-state index in [-0.39, 0.29) is 11.4 Å². The van der Waals surface area contributed by atoms with Crippen molar-refractivity contribution >= 4 is 17.5 Å². The van der Waals surface area contributed by atoms with Crippen LogP contribution in [-0.2, 0) is 16.8 Å². The maximum atomic E-state index is 12.8. The number of H-pyrrole nitrogens is 1. The first-order valence-corrected chi connectivity index (χ1v) is 9.36. The number of aromatic amines is 1. The summed E-state index contributed by atoms with van der Waals surface area (Å²) in [5.74, 6) is -0.284. The van der Waals surface area contributed by atoms with Crippen LogP contribution in [0, 0.1) is 0 Å². The third-order valence-corrected chi connectivity index (χ3v) is 6.27. The molecule has 1 saturated heterocycles. The van der Waals surface area contributed by atoms with Gasteiger partial charge in [-0.1, -0.05) is 29.8 Å². The normalized spacial score (nSPS) is 20.8. The Bertz CT molecular complexity index is 813. The van der Waals surface area contributed by atoms with E-state index in [4.69, 9.17) is 11.6 Å². The van der Waals surface area contributed by atoms with Crippen LogP contribution in [-0.4, -0.2) is 57.5 Å². The molecule has 2 aliphatic heterocycles. The van der Waals surface area contributed by atoms with Gasteiger partial charge < -0.3 is 15.0 Å². The van der Waals surface area contributed by atoms with E-state index >= 15 is 0 Å². The Labute approximate surface area is 157 Å². The maximum Gasteiger partial charge on any atom is 0.256 e. The third-order valence-electron chi connectivity index (χ3n) is 5.92. The average Bonchev–Trinajstić information content (AvgIpc) is 3.15. The summed E-state index contributed by atoms with van der Waals surface area (Å²) in [6.45, 7) is 2.17. The lowest BCUT2D eigenvalue weighted by atomic mass is 9.79. The number of likely N-dealkylation sites (N-methyl/N-ethyl adjacent to an activating group) is 1. The van der Waals surface area contributed by atoms with E-state index < -0.39 is 6.10 Å². The molecule has 7 heteroatoms. The van der Waals surface area contributed by atoms with Crippen molar-refractivity contribution in [3.8, 4) is 0 Å². The summed E-state index contributed by atoms with van der Waals surface area (Å²) in [6, 6.07) is 6.95. The van der Waals surface area contributed by atoms with E-state index in [2.05, 4.69) is 21.9 Å². The number of amides is 1. The molecule has 1 atom stereocenters. The van der Waals surface area contributed by atoms with Crippen LogP contribution in [0.5, 0.6) is 0 Å². The summed E-state index contributed by atoms with van der Waals surface area (Å²) < 4.78 is 0. The molecule has 3 heterocycles. The van der Waals surface area contributed by atoms with Crippen molar-refractivity contribution in [1.82, 2.24) is 19.8 Å². The molecule has 0 radical (unpaired) electrons. The number of piperidine rings is 1. The molecule has 6 nitrogen and oxygen atoms in total. The van der Waals surface area contributed by atoms with Crippen molar-refractivity contribution in [3.63, 3.8) is 0 Å². The second-order valence-corrected chi connectivity index (χ2v) is 7.59. The molecular weight excluding hydrogens is 352 g/mol. The van der Waals surface area contributed by atoms with Gasteiger partial charge in [-0.2, -0.15) is 0 Å². The highest BCUT2D eigenvalue weighted by Gasteiger charge is 2.46. The minimum atomic E-state index is -1.22. The van der Waals surface area contributed by atoms with Crippen LogP contribution < -0.4 is 0 Å². The maximum absolute atomic E-state index is 12.8. The topological polar surface area (TPSA) is 72.5 Å². The summed E-state index contributed by atoms with van der Waals surface area (Å²) in [7, 11) is 2.13. The minimum absolute atomic E-state index is 0.125. The first-order chi connectivity index (χ1) is 12.5. The average molecular weight is 375 g/mol. The van der Waals surface area contributed by atoms with Gasteiger partial charge in [-0.05, 0) is 26.0 Å². The van der Waals surface area contributed by atoms with Crippen LogP contribution in [0.4, 0.5) is 0 Å². The number of imidazole rings is 1. The monoisotopic (exact) mass is 374 g/mol. The van der Waals surface area contributed by atoms with Crippen molar-refractivity contribution in [2.45, 2.75) is 30.9 Å². The molecule has 1 spiro atoms. The van der Waals surface area contributed by atoms with Crippen molar-refractivity contribution in [3.05, 3.63) is 52.6 Å². The van der Waals surface area contributed by atoms with Crippen LogP contribution >= 0.6 is 11.6 Å². The zero-order valence-electron chi connectivity index (χ0n) is 14.8. The number of rotatable bonds is 2. The van der Waals surface area contributed by atoms with Gasteiger partial charge in [0, 0.05) is 42.3 Å². The van der Waals surface area contributed by atoms with Gasteiger partial charge in [0.2, 0.25) is 0 Å². The van der Waals surface area contributed by atoms with Gasteiger partial charge in [-0.3, -0.25) is 9.69 Å². The second-order valence-electron chi connectivity index (χ2n) is 7.18. The number of aliphatic hydroxyl groups is 1. The number of hydrogen-bond donors (Lipinski definition) is 2. The molecule has 138 valence electrons. The highest BCUT2D eigenvalue weighted by Crippen LogP contribution is 2.41. The molecular formula is C19H23ClN4O2. The fourth-order valence-electron chi connectivity index (χ4n) is 4.31. The molecule has 1 aromatic carbocycles. The number of aliphatic hydroxyl groups excluding tert-OH is 1. The zero-order valence-corrected chi connectivity index (χ0v) is 15.5. The van der Waals surface area contributed by atoms with Crippen LogP contribution in [0.25, 0.3) is 0 Å². The Hall–Kier alpha value is -1.89. The third kappa shape index (κ3) is 2.73. The van der Waals surface area contributed by atoms with E-state index in [0.29, 0.717) is 23.7 Å². The van der Waals surface area contributed by atoms with Gasteiger partial charge in [-0.25, -0.2) is 4.98 Å². The van der Waals surface area contributed by atoms with Gasteiger partial charge in [0.05, 0.1) is 17.6 Å². The molecule has 2 aliphatic rings. The quantitative estimate of drug-likeness (QED) is 0.844. The molecule has 2 aromatic rings. The second kappa shape index (κ2) is 6.68. The minimum Gasteiger partial charge on any atom is -0.378 e. The Morgan fingerprint density at radius 2 is 2.04 bits per heavy atom. The number of carbonyl (C=O) groups is 1. The Balaban J connectivity index is 1.51. The Morgan fingerprint density at radius 3 is 2.77 bits per heavy atom. The van der Waals surface area contributed by atoms with Crippen LogP contribution in [0.2, 0.25) is 5.02 Å². The van der Waals surface area contributed by atoms with Crippen LogP contribution in [0.3, 0.4) is 0 Å². The van der Waals surface area contributed by atoms with E-state index in [1.54, 1.807) is 35.5 Å². The Kier molecular flexibility index (Phi) is 4.50. The molecule has 0 unspecified atom stereocenters. The molecule has 26 heavy (non-hydrogen) atoms. The van der Waals surface area contributed by atoms with Gasteiger partial charge in [0.15, 0.2) is 6.10 Å². The highest BCUT2D eigenvalue weighted by molar-refractivity contribution is 6.31. The molecule has 4 rings (SSSR count). The number of aromatic nitrogens is 2. The highest BCUT2D eigenvalue weighted by atomic mass is 35.5. The molecule has 0 aliphatic carbocycles. The predicted octanol–water partition coefficient (Wildman–Crippen LogP) is 2.10. The number of carbonyl (C=O) groups excluding carboxylic acids is 1. The first-order valence-electron chi connectivity index (χ1n) is 8.98. The lowest BCUT2D eigenvalue weighted by molar-refractivity contribution is -0.143. The van der Waals surface area contributed by atoms with E-state index in [1.807, 2.05) is 0 Å². The molecule has 1 aromatic heterocycles. The van der Waals surface area contributed by atoms with Gasteiger partial charge >= 0.3 is 0 Å². The number of fused-ring (bicyclic) bond motifs is 2. The molecule has 0 saturated carbocycles. The van der Waals surface area contributed by atoms with Crippen molar-refractivity contribution < 1.29 is 9.90 Å². The van der Waals surface area contributed by atoms with Crippen LogP contribution in [0.1, 0.15) is 35.9 Å². The van der Waals surface area contributed by atoms with Crippen molar-refractivity contribution in [1.29, 1.82) is 0 Å². The van der Waals surface area contributed by atoms with Crippen molar-refractivity contribution in [2.24, 2.45) is 0 Å². The van der Waals surface area contributed by atoms with E-state index in [0.717, 1.165) is 31.5 Å². The van der Waals surface area contributed by atoms with Crippen molar-refractivity contribution in [2.75, 3.05) is 26.7 Å². The molecule has 0 bridgehead atoms. The van der Waals surface area contributed by atoms with E-state index in [9.17, 15) is 9.90 Å². The largest absolute Gasteiger partial charge is 0.378 e. The van der Waals surface area contributed by atoms with Gasteiger partial charge in [-0.15, -0.1) is 0 Å². The summed E-state index contributed by atoms with van der Waals surface area (Å²) >= 11 is 6.13. The fourth-order valence-corrected chi connectivity index (χ4v) is 4.54. The van der Waals surface area contributed by atoms with E-state index in [1.165, 1.54) is 5.69 Å². The SMILES string of the molecule is CN1CCc2[nH]cnc2C12CCN(C(=O)[C@H](O)c1ccccc1Cl)CC2. The van der Waals surface area contributed by atoms with Gasteiger partial charge in [0.1, 0.15) is 0 Å². The lowest BCUT2D eigenvalue weighted by Gasteiger charge is -2.49. The smallest absolute Gasteiger partial charge is 0.256 e. The number of nitrogens with zero attached hydrogens (tertiary/aromatic N) is 3. The number of nitrogens with one attached hydrogen (secondary N) is 1. The first kappa shape index (κ1) is 17.5. The Morgan fingerprint density at radius 1 is 1.31 bits per heavy atom. The molecule has 2 N–H and O–H groups in total. The number of hydrogen-bond acceptors (Lipinski definition) is 4. The number of benzene rings is 1. The molecule has 1 amide bonds. The summed E-state index contributed by atoms with van der Waals surface area (Å²) in [5, 5.41) is 10.9. The lowest BCUT2D eigenvalue weighted by Crippen LogP contribution is -2.56. The van der Waals surface area contributed by atoms with Gasteiger partial charge in [0.25, 0.3) is 5.91 Å². The summed E-state index contributed by atoms with van der Waals surface area (Å²) in [4.78, 5) is 24.7. The number of likely N-dealkylation sites (tertiary alicyclic amines) is 1. The zero-order chi connectivity index (χ0) is 18.3. The fraction of sp³-hybridized carbons (Fsp3) is 0.474. The molecule has 1 fully saturated rings.